The van der Waals surface area contributed by atoms with Crippen LogP contribution in [0.5, 0.6) is 0 Å². The molecule has 0 fully saturated rings. The van der Waals surface area contributed by atoms with Crippen LogP contribution in [-0.2, 0) is 20.7 Å². The van der Waals surface area contributed by atoms with Gasteiger partial charge in [-0.05, 0) is 30.9 Å². The molecule has 1 rings (SSSR count). The Bertz CT molecular complexity index is 510. The number of nitrogens with two attached hydrogens (primary N) is 1. The van der Waals surface area contributed by atoms with Gasteiger partial charge in [-0.2, -0.15) is 0 Å². The molecule has 5 nitrogen and oxygen atoms in total. The summed E-state index contributed by atoms with van der Waals surface area (Å²) < 4.78 is 4.73. The van der Waals surface area contributed by atoms with Crippen molar-refractivity contribution in [1.82, 2.24) is 5.32 Å². The van der Waals surface area contributed by atoms with Gasteiger partial charge in [-0.3, -0.25) is 9.59 Å². The Labute approximate surface area is 132 Å². The van der Waals surface area contributed by atoms with Crippen LogP contribution in [0.4, 0.5) is 5.69 Å². The number of benzene rings is 1. The van der Waals surface area contributed by atoms with Crippen molar-refractivity contribution in [2.75, 3.05) is 12.8 Å². The number of esters is 1. The van der Waals surface area contributed by atoms with E-state index in [-0.39, 0.29) is 18.3 Å². The lowest BCUT2D eigenvalue weighted by Gasteiger charge is -2.32. The third kappa shape index (κ3) is 5.06. The molecular formula is C17H26N2O3. The van der Waals surface area contributed by atoms with Crippen molar-refractivity contribution in [3.63, 3.8) is 0 Å². The van der Waals surface area contributed by atoms with Gasteiger partial charge in [-0.25, -0.2) is 0 Å². The van der Waals surface area contributed by atoms with Crippen LogP contribution in [0.2, 0.25) is 0 Å². The zero-order valence-electron chi connectivity index (χ0n) is 13.6. The molecule has 0 unspecified atom stereocenters. The van der Waals surface area contributed by atoms with Gasteiger partial charge < -0.3 is 15.8 Å². The third-order valence-corrected chi connectivity index (χ3v) is 4.15. The molecule has 0 bridgehead atoms. The minimum Gasteiger partial charge on any atom is -0.469 e. The number of para-hydroxylation sites is 1. The van der Waals surface area contributed by atoms with Crippen LogP contribution in [0, 0.1) is 0 Å². The zero-order chi connectivity index (χ0) is 16.6. The van der Waals surface area contributed by atoms with E-state index in [1.165, 1.54) is 7.11 Å². The van der Waals surface area contributed by atoms with E-state index in [0.717, 1.165) is 5.56 Å². The van der Waals surface area contributed by atoms with E-state index in [0.29, 0.717) is 31.4 Å². The third-order valence-electron chi connectivity index (χ3n) is 4.15. The number of rotatable bonds is 8. The van der Waals surface area contributed by atoms with Crippen molar-refractivity contribution in [1.29, 1.82) is 0 Å². The Morgan fingerprint density at radius 2 is 1.86 bits per heavy atom. The number of hydrogen-bond acceptors (Lipinski definition) is 4. The number of anilines is 1. The summed E-state index contributed by atoms with van der Waals surface area (Å²) in [5.41, 5.74) is 7.00. The molecule has 1 amide bonds. The van der Waals surface area contributed by atoms with E-state index >= 15 is 0 Å². The van der Waals surface area contributed by atoms with E-state index in [4.69, 9.17) is 10.5 Å². The summed E-state index contributed by atoms with van der Waals surface area (Å²) >= 11 is 0. The lowest BCUT2D eigenvalue weighted by atomic mass is 9.88. The largest absolute Gasteiger partial charge is 0.469 e. The number of ether oxygens (including phenoxy) is 1. The highest BCUT2D eigenvalue weighted by atomic mass is 16.5. The van der Waals surface area contributed by atoms with Crippen LogP contribution >= 0.6 is 0 Å². The molecule has 1 aromatic rings. The molecule has 0 aromatic heterocycles. The molecule has 0 aliphatic rings. The van der Waals surface area contributed by atoms with Crippen LogP contribution in [0.3, 0.4) is 0 Å². The first kappa shape index (κ1) is 18.0. The standard InChI is InChI=1S/C17H26N2O3/c1-4-17(5-2,12-16(21)22-3)19-15(20)11-10-13-8-6-7-9-14(13)18/h6-9H,4-5,10-12,18H2,1-3H3,(H,19,20). The van der Waals surface area contributed by atoms with E-state index in [9.17, 15) is 9.59 Å². The summed E-state index contributed by atoms with van der Waals surface area (Å²) in [4.78, 5) is 23.8. The molecule has 122 valence electrons. The fourth-order valence-corrected chi connectivity index (χ4v) is 2.44. The summed E-state index contributed by atoms with van der Waals surface area (Å²) in [5.74, 6) is -0.382. The smallest absolute Gasteiger partial charge is 0.307 e. The Hall–Kier alpha value is -2.04. The maximum atomic E-state index is 12.2. The maximum Gasteiger partial charge on any atom is 0.307 e. The molecule has 0 saturated heterocycles. The molecule has 0 aliphatic heterocycles. The maximum absolute atomic E-state index is 12.2. The molecule has 0 heterocycles. The normalized spacial score (nSPS) is 11.0. The lowest BCUT2D eigenvalue weighted by molar-refractivity contribution is -0.142. The number of hydrogen-bond donors (Lipinski definition) is 2. The highest BCUT2D eigenvalue weighted by molar-refractivity contribution is 5.79. The predicted octanol–water partition coefficient (Wildman–Crippen LogP) is 2.44. The summed E-state index contributed by atoms with van der Waals surface area (Å²) in [6.07, 6.45) is 2.47. The first-order valence-corrected chi connectivity index (χ1v) is 7.67. The summed E-state index contributed by atoms with van der Waals surface area (Å²) in [6, 6.07) is 7.52. The number of carbonyl (C=O) groups excluding carboxylic acids is 2. The van der Waals surface area contributed by atoms with Crippen LogP contribution in [-0.4, -0.2) is 24.5 Å². The molecule has 0 saturated carbocycles. The molecule has 5 heteroatoms. The second-order valence-corrected chi connectivity index (χ2v) is 5.49. The van der Waals surface area contributed by atoms with Gasteiger partial charge >= 0.3 is 5.97 Å². The van der Waals surface area contributed by atoms with Crippen molar-refractivity contribution in [3.05, 3.63) is 29.8 Å². The predicted molar refractivity (Wildman–Crippen MR) is 87.3 cm³/mol. The number of carbonyl (C=O) groups is 2. The minimum atomic E-state index is -0.535. The molecular weight excluding hydrogens is 280 g/mol. The van der Waals surface area contributed by atoms with Crippen molar-refractivity contribution in [2.24, 2.45) is 0 Å². The van der Waals surface area contributed by atoms with Gasteiger partial charge in [0.1, 0.15) is 0 Å². The highest BCUT2D eigenvalue weighted by Crippen LogP contribution is 2.21. The van der Waals surface area contributed by atoms with Gasteiger partial charge in [-0.15, -0.1) is 0 Å². The number of amides is 1. The second-order valence-electron chi connectivity index (χ2n) is 5.49. The Morgan fingerprint density at radius 1 is 1.23 bits per heavy atom. The van der Waals surface area contributed by atoms with Crippen LogP contribution in [0.25, 0.3) is 0 Å². The Morgan fingerprint density at radius 3 is 2.41 bits per heavy atom. The molecule has 0 radical (unpaired) electrons. The van der Waals surface area contributed by atoms with E-state index < -0.39 is 5.54 Å². The molecule has 0 spiro atoms. The summed E-state index contributed by atoms with van der Waals surface area (Å²) in [7, 11) is 1.36. The number of nitrogen functional groups attached to an aromatic ring is 1. The van der Waals surface area contributed by atoms with Crippen LogP contribution < -0.4 is 11.1 Å². The van der Waals surface area contributed by atoms with Crippen molar-refractivity contribution in [3.8, 4) is 0 Å². The molecule has 22 heavy (non-hydrogen) atoms. The van der Waals surface area contributed by atoms with Gasteiger partial charge in [0.2, 0.25) is 5.91 Å². The number of nitrogens with one attached hydrogen (secondary N) is 1. The van der Waals surface area contributed by atoms with Crippen LogP contribution in [0.15, 0.2) is 24.3 Å². The zero-order valence-corrected chi connectivity index (χ0v) is 13.6. The van der Waals surface area contributed by atoms with Gasteiger partial charge in [0, 0.05) is 17.6 Å². The van der Waals surface area contributed by atoms with Gasteiger partial charge in [0.15, 0.2) is 0 Å². The monoisotopic (exact) mass is 306 g/mol. The Balaban J connectivity index is 2.64. The van der Waals surface area contributed by atoms with Crippen LogP contribution in [0.1, 0.15) is 45.1 Å². The molecule has 3 N–H and O–H groups in total. The van der Waals surface area contributed by atoms with Crippen molar-refractivity contribution < 1.29 is 14.3 Å². The molecule has 0 atom stereocenters. The second kappa shape index (κ2) is 8.41. The fourth-order valence-electron chi connectivity index (χ4n) is 2.44. The highest BCUT2D eigenvalue weighted by Gasteiger charge is 2.31. The first-order valence-electron chi connectivity index (χ1n) is 7.67. The lowest BCUT2D eigenvalue weighted by Crippen LogP contribution is -2.49. The van der Waals surface area contributed by atoms with Gasteiger partial charge in [0.25, 0.3) is 0 Å². The number of aryl methyl sites for hydroxylation is 1. The molecule has 0 aliphatic carbocycles. The minimum absolute atomic E-state index is 0.0733. The van der Waals surface area contributed by atoms with Gasteiger partial charge in [0.05, 0.1) is 13.5 Å². The average molecular weight is 306 g/mol. The average Bonchev–Trinajstić information content (AvgIpc) is 2.53. The molecule has 1 aromatic carbocycles. The fraction of sp³-hybridized carbons (Fsp3) is 0.529. The number of methoxy groups -OCH3 is 1. The topological polar surface area (TPSA) is 81.4 Å². The van der Waals surface area contributed by atoms with E-state index in [1.807, 2.05) is 38.1 Å². The Kier molecular flexibility index (Phi) is 6.89. The van der Waals surface area contributed by atoms with E-state index in [1.54, 1.807) is 0 Å². The quantitative estimate of drug-likeness (QED) is 0.571. The summed E-state index contributed by atoms with van der Waals surface area (Å²) in [5, 5.41) is 3.00. The van der Waals surface area contributed by atoms with Crippen molar-refractivity contribution >= 4 is 17.6 Å². The van der Waals surface area contributed by atoms with Gasteiger partial charge in [-0.1, -0.05) is 32.0 Å². The van der Waals surface area contributed by atoms with E-state index in [2.05, 4.69) is 5.32 Å². The first-order chi connectivity index (χ1) is 10.5. The summed E-state index contributed by atoms with van der Waals surface area (Å²) in [6.45, 7) is 3.92. The SMILES string of the molecule is CCC(CC)(CC(=O)OC)NC(=O)CCc1ccccc1N. The van der Waals surface area contributed by atoms with Crippen molar-refractivity contribution in [2.45, 2.75) is 51.5 Å².